The van der Waals surface area contributed by atoms with Gasteiger partial charge >= 0.3 is 0 Å². The van der Waals surface area contributed by atoms with Gasteiger partial charge in [-0.2, -0.15) is 0 Å². The fourth-order valence-electron chi connectivity index (χ4n) is 1.66. The normalized spacial score (nSPS) is 14.2. The molecule has 0 fully saturated rings. The highest BCUT2D eigenvalue weighted by atomic mass is 32.2. The summed E-state index contributed by atoms with van der Waals surface area (Å²) in [5.41, 5.74) is 0.553. The molecule has 0 amide bonds. The van der Waals surface area contributed by atoms with Crippen LogP contribution in [-0.4, -0.2) is 44.6 Å². The van der Waals surface area contributed by atoms with Gasteiger partial charge in [-0.25, -0.2) is 0 Å². The summed E-state index contributed by atoms with van der Waals surface area (Å²) in [7, 11) is -0.743. The quantitative estimate of drug-likeness (QED) is 0.421. The first-order chi connectivity index (χ1) is 9.00. The van der Waals surface area contributed by atoms with Crippen molar-refractivity contribution in [1.29, 1.82) is 0 Å². The number of rotatable bonds is 8. The van der Waals surface area contributed by atoms with Gasteiger partial charge in [0, 0.05) is 29.4 Å². The summed E-state index contributed by atoms with van der Waals surface area (Å²) in [6.07, 6.45) is 2.76. The molecule has 0 aliphatic carbocycles. The average molecular weight is 287 g/mol. The SMILES string of the molecule is CS(=O)CCCCNCC(O)c1ccc(O)c(O)c1. The number of hydrogen-bond donors (Lipinski definition) is 4. The number of phenols is 2. The lowest BCUT2D eigenvalue weighted by molar-refractivity contribution is 0.174. The molecule has 0 aliphatic heterocycles. The molecule has 1 aromatic rings. The molecule has 4 N–H and O–H groups in total. The summed E-state index contributed by atoms with van der Waals surface area (Å²) < 4.78 is 10.8. The molecule has 0 spiro atoms. The third kappa shape index (κ3) is 6.04. The van der Waals surface area contributed by atoms with E-state index in [2.05, 4.69) is 5.32 Å². The maximum atomic E-state index is 10.8. The van der Waals surface area contributed by atoms with E-state index in [1.165, 1.54) is 12.1 Å². The van der Waals surface area contributed by atoms with Crippen LogP contribution in [0.2, 0.25) is 0 Å². The second kappa shape index (κ2) is 8.14. The topological polar surface area (TPSA) is 89.8 Å². The number of aromatic hydroxyl groups is 2. The van der Waals surface area contributed by atoms with E-state index in [0.717, 1.165) is 19.4 Å². The molecule has 0 saturated carbocycles. The van der Waals surface area contributed by atoms with Crippen molar-refractivity contribution in [3.8, 4) is 11.5 Å². The minimum absolute atomic E-state index is 0.198. The van der Waals surface area contributed by atoms with Crippen LogP contribution in [0.5, 0.6) is 11.5 Å². The van der Waals surface area contributed by atoms with Crippen LogP contribution in [0, 0.1) is 0 Å². The molecule has 0 saturated heterocycles. The minimum Gasteiger partial charge on any atom is -0.504 e. The van der Waals surface area contributed by atoms with E-state index in [9.17, 15) is 19.5 Å². The fourth-order valence-corrected chi connectivity index (χ4v) is 2.27. The monoisotopic (exact) mass is 287 g/mol. The maximum absolute atomic E-state index is 10.8. The number of nitrogens with one attached hydrogen (secondary N) is 1. The first-order valence-corrected chi connectivity index (χ1v) is 7.94. The highest BCUT2D eigenvalue weighted by Crippen LogP contribution is 2.27. The van der Waals surface area contributed by atoms with Gasteiger partial charge in [-0.3, -0.25) is 4.21 Å². The summed E-state index contributed by atoms with van der Waals surface area (Å²) in [5, 5.41) is 31.5. The third-order valence-corrected chi connectivity index (χ3v) is 3.62. The van der Waals surface area contributed by atoms with E-state index < -0.39 is 16.9 Å². The highest BCUT2D eigenvalue weighted by molar-refractivity contribution is 7.84. The van der Waals surface area contributed by atoms with Gasteiger partial charge in [0.05, 0.1) is 6.10 Å². The molecule has 6 heteroatoms. The highest BCUT2D eigenvalue weighted by Gasteiger charge is 2.09. The summed E-state index contributed by atoms with van der Waals surface area (Å²) >= 11 is 0. The Labute approximate surface area is 115 Å². The van der Waals surface area contributed by atoms with Gasteiger partial charge in [0.15, 0.2) is 11.5 Å². The number of benzene rings is 1. The first kappa shape index (κ1) is 15.9. The third-order valence-electron chi connectivity index (χ3n) is 2.76. The van der Waals surface area contributed by atoms with E-state index in [1.54, 1.807) is 12.3 Å². The van der Waals surface area contributed by atoms with Gasteiger partial charge in [0.2, 0.25) is 0 Å². The Morgan fingerprint density at radius 3 is 2.63 bits per heavy atom. The Morgan fingerprint density at radius 1 is 1.26 bits per heavy atom. The molecule has 0 bridgehead atoms. The van der Waals surface area contributed by atoms with Crippen molar-refractivity contribution in [2.24, 2.45) is 0 Å². The van der Waals surface area contributed by atoms with Crippen LogP contribution in [0.1, 0.15) is 24.5 Å². The van der Waals surface area contributed by atoms with Crippen molar-refractivity contribution in [2.75, 3.05) is 25.1 Å². The van der Waals surface area contributed by atoms with Crippen molar-refractivity contribution in [2.45, 2.75) is 18.9 Å². The second-order valence-electron chi connectivity index (χ2n) is 4.45. The predicted octanol–water partition coefficient (Wildman–Crippen LogP) is 0.879. The standard InChI is InChI=1S/C13H21NO4S/c1-19(18)7-3-2-6-14-9-13(17)10-4-5-11(15)12(16)8-10/h4-5,8,13-17H,2-3,6-7,9H2,1H3. The molecule has 5 nitrogen and oxygen atoms in total. The number of hydrogen-bond acceptors (Lipinski definition) is 5. The summed E-state index contributed by atoms with van der Waals surface area (Å²) in [6.45, 7) is 1.12. The zero-order valence-electron chi connectivity index (χ0n) is 11.0. The lowest BCUT2D eigenvalue weighted by atomic mass is 10.1. The minimum atomic E-state index is -0.743. The molecule has 0 aromatic heterocycles. The molecule has 108 valence electrons. The molecule has 2 unspecified atom stereocenters. The molecule has 1 rings (SSSR count). The molecule has 19 heavy (non-hydrogen) atoms. The number of aliphatic hydroxyl groups excluding tert-OH is 1. The summed E-state index contributed by atoms with van der Waals surface area (Å²) in [5.74, 6) is 0.272. The van der Waals surface area contributed by atoms with Gasteiger partial charge in [-0.15, -0.1) is 0 Å². The second-order valence-corrected chi connectivity index (χ2v) is 6.01. The van der Waals surface area contributed by atoms with Crippen LogP contribution in [0.15, 0.2) is 18.2 Å². The van der Waals surface area contributed by atoms with E-state index >= 15 is 0 Å². The number of phenolic OH excluding ortho intramolecular Hbond substituents is 2. The fraction of sp³-hybridized carbons (Fsp3) is 0.538. The lowest BCUT2D eigenvalue weighted by Gasteiger charge is -2.12. The van der Waals surface area contributed by atoms with E-state index in [-0.39, 0.29) is 11.5 Å². The predicted molar refractivity (Wildman–Crippen MR) is 75.8 cm³/mol. The van der Waals surface area contributed by atoms with Crippen molar-refractivity contribution in [3.05, 3.63) is 23.8 Å². The van der Waals surface area contributed by atoms with Crippen LogP contribution < -0.4 is 5.32 Å². The Morgan fingerprint density at radius 2 is 2.00 bits per heavy atom. The molecule has 0 radical (unpaired) electrons. The number of aliphatic hydroxyl groups is 1. The van der Waals surface area contributed by atoms with Crippen LogP contribution in [0.4, 0.5) is 0 Å². The van der Waals surface area contributed by atoms with Crippen LogP contribution in [-0.2, 0) is 10.8 Å². The van der Waals surface area contributed by atoms with Gasteiger partial charge < -0.3 is 20.6 Å². The van der Waals surface area contributed by atoms with E-state index in [0.29, 0.717) is 17.9 Å². The van der Waals surface area contributed by atoms with Gasteiger partial charge in [-0.05, 0) is 37.1 Å². The number of unbranched alkanes of at least 4 members (excludes halogenated alkanes) is 1. The van der Waals surface area contributed by atoms with Crippen LogP contribution in [0.3, 0.4) is 0 Å². The molecular formula is C13H21NO4S. The first-order valence-electron chi connectivity index (χ1n) is 6.21. The molecular weight excluding hydrogens is 266 g/mol. The smallest absolute Gasteiger partial charge is 0.157 e. The molecule has 2 atom stereocenters. The maximum Gasteiger partial charge on any atom is 0.157 e. The van der Waals surface area contributed by atoms with Crippen LogP contribution in [0.25, 0.3) is 0 Å². The van der Waals surface area contributed by atoms with Crippen molar-refractivity contribution in [1.82, 2.24) is 5.32 Å². The molecule has 0 aliphatic rings. The van der Waals surface area contributed by atoms with Crippen LogP contribution >= 0.6 is 0 Å². The molecule has 0 heterocycles. The van der Waals surface area contributed by atoms with Gasteiger partial charge in [0.1, 0.15) is 0 Å². The van der Waals surface area contributed by atoms with E-state index in [1.807, 2.05) is 0 Å². The molecule has 1 aromatic carbocycles. The van der Waals surface area contributed by atoms with Crippen molar-refractivity contribution < 1.29 is 19.5 Å². The zero-order chi connectivity index (χ0) is 14.3. The Balaban J connectivity index is 2.25. The Kier molecular flexibility index (Phi) is 6.83. The van der Waals surface area contributed by atoms with E-state index in [4.69, 9.17) is 0 Å². The summed E-state index contributed by atoms with van der Waals surface area (Å²) in [6, 6.07) is 4.27. The average Bonchev–Trinajstić information content (AvgIpc) is 2.36. The lowest BCUT2D eigenvalue weighted by Crippen LogP contribution is -2.22. The van der Waals surface area contributed by atoms with Crippen molar-refractivity contribution >= 4 is 10.8 Å². The summed E-state index contributed by atoms with van der Waals surface area (Å²) in [4.78, 5) is 0. The Hall–Kier alpha value is -1.11. The van der Waals surface area contributed by atoms with Crippen molar-refractivity contribution in [3.63, 3.8) is 0 Å². The Bertz CT molecular complexity index is 425. The largest absolute Gasteiger partial charge is 0.504 e. The van der Waals surface area contributed by atoms with Gasteiger partial charge in [-0.1, -0.05) is 6.07 Å². The van der Waals surface area contributed by atoms with Gasteiger partial charge in [0.25, 0.3) is 0 Å². The zero-order valence-corrected chi connectivity index (χ0v) is 11.8.